The molecule has 50 valence electrons. The number of nitrogens with one attached hydrogen (secondary N) is 1. The fourth-order valence-electron chi connectivity index (χ4n) is 0.291. The van der Waals surface area contributed by atoms with Gasteiger partial charge in [-0.3, -0.25) is 10.0 Å². The van der Waals surface area contributed by atoms with Gasteiger partial charge < -0.3 is 0 Å². The summed E-state index contributed by atoms with van der Waals surface area (Å²) in [6.07, 6.45) is 6.22. The van der Waals surface area contributed by atoms with Crippen LogP contribution in [0.4, 0.5) is 0 Å². The molecular weight excluding hydrogens is 118 g/mol. The van der Waals surface area contributed by atoms with Gasteiger partial charge in [-0.25, -0.2) is 5.48 Å². The van der Waals surface area contributed by atoms with Crippen molar-refractivity contribution in [2.45, 2.75) is 6.92 Å². The van der Waals surface area contributed by atoms with Crippen LogP contribution in [0.1, 0.15) is 6.92 Å². The highest BCUT2D eigenvalue weighted by molar-refractivity contribution is 5.86. The smallest absolute Gasteiger partial charge is 0.267 e. The second kappa shape index (κ2) is 5.05. The van der Waals surface area contributed by atoms with Crippen molar-refractivity contribution in [1.82, 2.24) is 5.48 Å². The predicted octanol–water partition coefficient (Wildman–Crippen LogP) is 0.624. The van der Waals surface area contributed by atoms with E-state index in [-0.39, 0.29) is 0 Å². The van der Waals surface area contributed by atoms with E-state index in [1.165, 1.54) is 17.6 Å². The van der Waals surface area contributed by atoms with Crippen molar-refractivity contribution < 1.29 is 10.0 Å². The predicted molar refractivity (Wildman–Crippen MR) is 33.9 cm³/mol. The lowest BCUT2D eigenvalue weighted by Gasteiger charge is -1.83. The van der Waals surface area contributed by atoms with Crippen molar-refractivity contribution in [3.8, 4) is 0 Å². The Bertz CT molecular complexity index is 138. The molecule has 0 radical (unpaired) electrons. The second-order valence-electron chi connectivity index (χ2n) is 1.36. The zero-order valence-corrected chi connectivity index (χ0v) is 5.16. The Hall–Kier alpha value is -1.09. The number of amides is 1. The lowest BCUT2D eigenvalue weighted by molar-refractivity contribution is -0.124. The van der Waals surface area contributed by atoms with Gasteiger partial charge in [0.2, 0.25) is 0 Å². The number of hydrogen-bond donors (Lipinski definition) is 2. The fourth-order valence-corrected chi connectivity index (χ4v) is 0.291. The van der Waals surface area contributed by atoms with Gasteiger partial charge in [-0.1, -0.05) is 18.2 Å². The molecule has 0 saturated carbocycles. The number of allylic oxidation sites excluding steroid dienone is 3. The van der Waals surface area contributed by atoms with Crippen molar-refractivity contribution >= 4 is 5.91 Å². The molecule has 0 aromatic carbocycles. The minimum absolute atomic E-state index is 0.520. The fraction of sp³-hybridized carbons (Fsp3) is 0.167. The molecule has 0 aromatic rings. The van der Waals surface area contributed by atoms with Gasteiger partial charge in [-0.05, 0) is 6.92 Å². The zero-order valence-electron chi connectivity index (χ0n) is 5.16. The molecule has 0 aliphatic rings. The Balaban J connectivity index is 3.57. The van der Waals surface area contributed by atoms with Gasteiger partial charge in [0.25, 0.3) is 5.91 Å². The molecule has 0 heterocycles. The highest BCUT2D eigenvalue weighted by Crippen LogP contribution is 1.74. The molecule has 0 unspecified atom stereocenters. The van der Waals surface area contributed by atoms with Crippen LogP contribution in [0.5, 0.6) is 0 Å². The topological polar surface area (TPSA) is 49.3 Å². The van der Waals surface area contributed by atoms with E-state index in [0.29, 0.717) is 0 Å². The molecule has 0 atom stereocenters. The van der Waals surface area contributed by atoms with E-state index < -0.39 is 5.91 Å². The summed E-state index contributed by atoms with van der Waals surface area (Å²) >= 11 is 0. The molecule has 0 aromatic heterocycles. The lowest BCUT2D eigenvalue weighted by Crippen LogP contribution is -2.14. The minimum atomic E-state index is -0.520. The standard InChI is InChI=1S/C6H9NO2/c1-2-3-4-5-6(8)7-9/h2-5,9H,1H3,(H,7,8)/b3-2-,5-4-. The molecule has 3 nitrogen and oxygen atoms in total. The molecule has 0 aliphatic carbocycles. The Kier molecular flexibility index (Phi) is 4.44. The molecule has 0 fully saturated rings. The van der Waals surface area contributed by atoms with Crippen LogP contribution in [-0.2, 0) is 4.79 Å². The van der Waals surface area contributed by atoms with Gasteiger partial charge in [-0.2, -0.15) is 0 Å². The van der Waals surface area contributed by atoms with Gasteiger partial charge in [0, 0.05) is 6.08 Å². The molecule has 0 rings (SSSR count). The van der Waals surface area contributed by atoms with Gasteiger partial charge in [0.15, 0.2) is 0 Å². The molecule has 9 heavy (non-hydrogen) atoms. The molecular formula is C6H9NO2. The van der Waals surface area contributed by atoms with Gasteiger partial charge in [0.1, 0.15) is 0 Å². The largest absolute Gasteiger partial charge is 0.288 e. The Labute approximate surface area is 53.6 Å². The second-order valence-corrected chi connectivity index (χ2v) is 1.36. The first-order chi connectivity index (χ1) is 4.31. The Morgan fingerprint density at radius 1 is 1.56 bits per heavy atom. The van der Waals surface area contributed by atoms with Crippen LogP contribution in [0.2, 0.25) is 0 Å². The quantitative estimate of drug-likeness (QED) is 0.247. The molecule has 3 heteroatoms. The normalized spacial score (nSPS) is 10.9. The van der Waals surface area contributed by atoms with Crippen LogP contribution in [0.25, 0.3) is 0 Å². The van der Waals surface area contributed by atoms with E-state index in [1.54, 1.807) is 12.2 Å². The third-order valence-corrected chi connectivity index (χ3v) is 0.661. The average molecular weight is 127 g/mol. The van der Waals surface area contributed by atoms with Crippen LogP contribution < -0.4 is 5.48 Å². The molecule has 0 bridgehead atoms. The number of hydroxylamine groups is 1. The van der Waals surface area contributed by atoms with Crippen LogP contribution in [-0.4, -0.2) is 11.1 Å². The van der Waals surface area contributed by atoms with Crippen LogP contribution in [0.3, 0.4) is 0 Å². The summed E-state index contributed by atoms with van der Waals surface area (Å²) in [5.74, 6) is -0.520. The lowest BCUT2D eigenvalue weighted by atomic mass is 10.4. The van der Waals surface area contributed by atoms with E-state index in [9.17, 15) is 4.79 Å². The van der Waals surface area contributed by atoms with E-state index in [0.717, 1.165) is 0 Å². The summed E-state index contributed by atoms with van der Waals surface area (Å²) in [4.78, 5) is 10.2. The van der Waals surface area contributed by atoms with Crippen molar-refractivity contribution in [2.24, 2.45) is 0 Å². The summed E-state index contributed by atoms with van der Waals surface area (Å²) in [6.45, 7) is 1.83. The number of hydrogen-bond acceptors (Lipinski definition) is 2. The van der Waals surface area contributed by atoms with Gasteiger partial charge >= 0.3 is 0 Å². The first kappa shape index (κ1) is 7.91. The summed E-state index contributed by atoms with van der Waals surface area (Å²) in [5.41, 5.74) is 1.46. The van der Waals surface area contributed by atoms with Crippen LogP contribution >= 0.6 is 0 Å². The number of carbonyl (C=O) groups excluding carboxylic acids is 1. The van der Waals surface area contributed by atoms with Crippen molar-refractivity contribution in [3.05, 3.63) is 24.3 Å². The summed E-state index contributed by atoms with van der Waals surface area (Å²) in [7, 11) is 0. The monoisotopic (exact) mass is 127 g/mol. The zero-order chi connectivity index (χ0) is 7.11. The maximum Gasteiger partial charge on any atom is 0.267 e. The first-order valence-electron chi connectivity index (χ1n) is 2.54. The maximum absolute atomic E-state index is 10.2. The van der Waals surface area contributed by atoms with E-state index in [2.05, 4.69) is 0 Å². The van der Waals surface area contributed by atoms with Crippen molar-refractivity contribution in [1.29, 1.82) is 0 Å². The SMILES string of the molecule is C/C=C\C=C/C(=O)NO. The molecule has 0 spiro atoms. The molecule has 2 N–H and O–H groups in total. The van der Waals surface area contributed by atoms with E-state index >= 15 is 0 Å². The van der Waals surface area contributed by atoms with E-state index in [1.807, 2.05) is 6.92 Å². The molecule has 1 amide bonds. The molecule has 0 aliphatic heterocycles. The first-order valence-corrected chi connectivity index (χ1v) is 2.54. The Morgan fingerprint density at radius 3 is 2.67 bits per heavy atom. The summed E-state index contributed by atoms with van der Waals surface area (Å²) < 4.78 is 0. The third-order valence-electron chi connectivity index (χ3n) is 0.661. The Morgan fingerprint density at radius 2 is 2.22 bits per heavy atom. The highest BCUT2D eigenvalue weighted by atomic mass is 16.5. The molecule has 0 saturated heterocycles. The van der Waals surface area contributed by atoms with Crippen LogP contribution in [0.15, 0.2) is 24.3 Å². The van der Waals surface area contributed by atoms with Gasteiger partial charge in [-0.15, -0.1) is 0 Å². The summed E-state index contributed by atoms with van der Waals surface area (Å²) in [6, 6.07) is 0. The average Bonchev–Trinajstić information content (AvgIpc) is 1.89. The van der Waals surface area contributed by atoms with Crippen molar-refractivity contribution in [2.75, 3.05) is 0 Å². The third kappa shape index (κ3) is 4.77. The van der Waals surface area contributed by atoms with Gasteiger partial charge in [0.05, 0.1) is 0 Å². The maximum atomic E-state index is 10.2. The van der Waals surface area contributed by atoms with Crippen molar-refractivity contribution in [3.63, 3.8) is 0 Å². The van der Waals surface area contributed by atoms with Crippen LogP contribution in [0, 0.1) is 0 Å². The number of rotatable bonds is 2. The summed E-state index contributed by atoms with van der Waals surface area (Å²) in [5, 5.41) is 7.96. The van der Waals surface area contributed by atoms with E-state index in [4.69, 9.17) is 5.21 Å². The highest BCUT2D eigenvalue weighted by Gasteiger charge is 1.84. The number of carbonyl (C=O) groups is 1. The minimum Gasteiger partial charge on any atom is -0.288 e.